The Morgan fingerprint density at radius 1 is 1.28 bits per heavy atom. The minimum absolute atomic E-state index is 0.145. The lowest BCUT2D eigenvalue weighted by Gasteiger charge is -2.26. The third-order valence-electron chi connectivity index (χ3n) is 5.81. The molecule has 0 radical (unpaired) electrons. The molecule has 1 saturated heterocycles. The van der Waals surface area contributed by atoms with Crippen molar-refractivity contribution < 1.29 is 19.1 Å². The number of piperidine rings is 1. The van der Waals surface area contributed by atoms with Crippen LogP contribution < -0.4 is 10.1 Å². The van der Waals surface area contributed by atoms with Gasteiger partial charge in [-0.2, -0.15) is 0 Å². The normalized spacial score (nSPS) is 22.0. The van der Waals surface area contributed by atoms with Crippen molar-refractivity contribution in [2.75, 3.05) is 33.3 Å². The molecule has 32 heavy (non-hydrogen) atoms. The van der Waals surface area contributed by atoms with Crippen LogP contribution in [0.25, 0.3) is 6.08 Å². The van der Waals surface area contributed by atoms with Crippen molar-refractivity contribution in [1.82, 2.24) is 10.2 Å². The Kier molecular flexibility index (Phi) is 7.17. The van der Waals surface area contributed by atoms with E-state index < -0.39 is 12.0 Å². The van der Waals surface area contributed by atoms with Gasteiger partial charge in [0.2, 0.25) is 0 Å². The molecule has 4 rings (SSSR count). The third-order valence-corrected chi connectivity index (χ3v) is 5.81. The monoisotopic (exact) mass is 435 g/mol. The standard InChI is InChI=1S/C25H29N3O4/c1-31-21-9-4-3-8-18(21)17-23-25(30)27-20-16-19(10-11-22(20)32-23)24(29)26-12-7-15-28-13-5-2-6-14-28/h3-4,8-11,16-17,22H,2,5-7,12-15H2,1H3,(H,26,29)/b23-17+. The Labute approximate surface area is 188 Å². The Morgan fingerprint density at radius 2 is 2.09 bits per heavy atom. The van der Waals surface area contributed by atoms with Crippen molar-refractivity contribution in [3.63, 3.8) is 0 Å². The van der Waals surface area contributed by atoms with Gasteiger partial charge in [0, 0.05) is 17.7 Å². The van der Waals surface area contributed by atoms with Crippen LogP contribution in [0.3, 0.4) is 0 Å². The van der Waals surface area contributed by atoms with Gasteiger partial charge in [-0.3, -0.25) is 9.59 Å². The van der Waals surface area contributed by atoms with E-state index in [-0.39, 0.29) is 11.7 Å². The maximum atomic E-state index is 12.5. The van der Waals surface area contributed by atoms with E-state index in [1.165, 1.54) is 19.3 Å². The molecule has 1 unspecified atom stereocenters. The van der Waals surface area contributed by atoms with E-state index in [0.29, 0.717) is 23.6 Å². The minimum atomic E-state index is -0.496. The van der Waals surface area contributed by atoms with Crippen molar-refractivity contribution in [1.29, 1.82) is 0 Å². The van der Waals surface area contributed by atoms with Crippen LogP contribution in [0.1, 0.15) is 31.2 Å². The van der Waals surface area contributed by atoms with E-state index in [4.69, 9.17) is 9.47 Å². The van der Waals surface area contributed by atoms with Gasteiger partial charge in [0.1, 0.15) is 5.75 Å². The van der Waals surface area contributed by atoms with E-state index >= 15 is 0 Å². The Balaban J connectivity index is 1.36. The Hall–Kier alpha value is -3.19. The number of para-hydroxylation sites is 1. The molecule has 0 aromatic heterocycles. The molecular weight excluding hydrogens is 406 g/mol. The molecule has 2 amide bonds. The van der Waals surface area contributed by atoms with E-state index in [0.717, 1.165) is 31.6 Å². The van der Waals surface area contributed by atoms with E-state index in [9.17, 15) is 9.59 Å². The van der Waals surface area contributed by atoms with Crippen LogP contribution in [-0.2, 0) is 14.3 Å². The number of aliphatic imine (C=N–C) groups is 1. The predicted molar refractivity (Wildman–Crippen MR) is 123 cm³/mol. The van der Waals surface area contributed by atoms with Crippen LogP contribution in [0.5, 0.6) is 5.75 Å². The molecule has 1 aliphatic carbocycles. The molecule has 1 fully saturated rings. The number of hydrogen-bond donors (Lipinski definition) is 1. The molecule has 1 N–H and O–H groups in total. The quantitative estimate of drug-likeness (QED) is 0.526. The summed E-state index contributed by atoms with van der Waals surface area (Å²) in [6, 6.07) is 7.37. The van der Waals surface area contributed by atoms with Crippen LogP contribution in [0.15, 0.2) is 58.8 Å². The number of nitrogens with zero attached hydrogens (tertiary/aromatic N) is 2. The first-order valence-electron chi connectivity index (χ1n) is 11.2. The maximum absolute atomic E-state index is 12.5. The Morgan fingerprint density at radius 3 is 2.91 bits per heavy atom. The van der Waals surface area contributed by atoms with Crippen LogP contribution in [0, 0.1) is 0 Å². The number of nitrogens with one attached hydrogen (secondary N) is 1. The van der Waals surface area contributed by atoms with Crippen LogP contribution in [0.4, 0.5) is 0 Å². The second-order valence-corrected chi connectivity index (χ2v) is 8.10. The summed E-state index contributed by atoms with van der Waals surface area (Å²) in [4.78, 5) is 31.7. The van der Waals surface area contributed by atoms with Crippen LogP contribution in [-0.4, -0.2) is 61.8 Å². The molecule has 0 spiro atoms. The molecule has 7 nitrogen and oxygen atoms in total. The molecule has 0 bridgehead atoms. The Bertz CT molecular complexity index is 987. The molecule has 0 saturated carbocycles. The molecule has 1 aromatic rings. The van der Waals surface area contributed by atoms with Gasteiger partial charge in [0.15, 0.2) is 11.9 Å². The number of ether oxygens (including phenoxy) is 2. The summed E-state index contributed by atoms with van der Waals surface area (Å²) in [6.07, 6.45) is 11.0. The second-order valence-electron chi connectivity index (χ2n) is 8.10. The number of amides is 2. The fourth-order valence-corrected chi connectivity index (χ4v) is 4.09. The number of methoxy groups -OCH3 is 1. The number of rotatable bonds is 7. The SMILES string of the molecule is COc1ccccc1/C=C1/OC2C=CC(C(=O)NCCCN3CCCCC3)=CC2=NC1=O. The molecule has 7 heteroatoms. The van der Waals surface area contributed by atoms with Crippen LogP contribution >= 0.6 is 0 Å². The van der Waals surface area contributed by atoms with Crippen molar-refractivity contribution in [3.05, 3.63) is 59.4 Å². The van der Waals surface area contributed by atoms with Crippen LogP contribution in [0.2, 0.25) is 0 Å². The summed E-state index contributed by atoms with van der Waals surface area (Å²) < 4.78 is 11.2. The number of likely N-dealkylation sites (tertiary alicyclic amines) is 1. The smallest absolute Gasteiger partial charge is 0.312 e. The first kappa shape index (κ1) is 22.0. The average Bonchev–Trinajstić information content (AvgIpc) is 2.83. The molecule has 1 atom stereocenters. The fourth-order valence-electron chi connectivity index (χ4n) is 4.09. The lowest BCUT2D eigenvalue weighted by molar-refractivity contribution is -0.119. The van der Waals surface area contributed by atoms with E-state index in [1.54, 1.807) is 31.4 Å². The predicted octanol–water partition coefficient (Wildman–Crippen LogP) is 2.89. The van der Waals surface area contributed by atoms with Crippen molar-refractivity contribution >= 4 is 23.6 Å². The number of carbonyl (C=O) groups is 2. The first-order chi connectivity index (χ1) is 15.6. The molecular formula is C25H29N3O4. The van der Waals surface area contributed by atoms with Crippen molar-refractivity contribution in [2.24, 2.45) is 4.99 Å². The zero-order chi connectivity index (χ0) is 22.3. The van der Waals surface area contributed by atoms with Gasteiger partial charge in [-0.25, -0.2) is 4.99 Å². The van der Waals surface area contributed by atoms with Gasteiger partial charge in [0.05, 0.1) is 12.8 Å². The largest absolute Gasteiger partial charge is 0.496 e. The highest BCUT2D eigenvalue weighted by Gasteiger charge is 2.29. The zero-order valence-corrected chi connectivity index (χ0v) is 18.4. The summed E-state index contributed by atoms with van der Waals surface area (Å²) in [5, 5.41) is 2.96. The fraction of sp³-hybridized carbons (Fsp3) is 0.400. The summed E-state index contributed by atoms with van der Waals surface area (Å²) in [5.41, 5.74) is 1.65. The van der Waals surface area contributed by atoms with Gasteiger partial charge in [-0.15, -0.1) is 0 Å². The molecule has 3 aliphatic rings. The second kappa shape index (κ2) is 10.4. The lowest BCUT2D eigenvalue weighted by atomic mass is 10.0. The molecule has 2 aliphatic heterocycles. The van der Waals surface area contributed by atoms with Gasteiger partial charge in [0.25, 0.3) is 5.91 Å². The first-order valence-corrected chi connectivity index (χ1v) is 11.2. The van der Waals surface area contributed by atoms with Crippen molar-refractivity contribution in [2.45, 2.75) is 31.8 Å². The number of fused-ring (bicyclic) bond motifs is 1. The number of hydrogen-bond acceptors (Lipinski definition) is 5. The minimum Gasteiger partial charge on any atom is -0.496 e. The van der Waals surface area contributed by atoms with Crippen molar-refractivity contribution in [3.8, 4) is 5.75 Å². The summed E-state index contributed by atoms with van der Waals surface area (Å²) in [5.74, 6) is 0.148. The highest BCUT2D eigenvalue weighted by molar-refractivity contribution is 6.16. The van der Waals surface area contributed by atoms with E-state index in [2.05, 4.69) is 15.2 Å². The lowest BCUT2D eigenvalue weighted by Crippen LogP contribution is -2.35. The zero-order valence-electron chi connectivity index (χ0n) is 18.4. The number of benzene rings is 1. The van der Waals surface area contributed by atoms with Gasteiger partial charge in [-0.1, -0.05) is 24.6 Å². The average molecular weight is 436 g/mol. The topological polar surface area (TPSA) is 80.2 Å². The van der Waals surface area contributed by atoms with E-state index in [1.807, 2.05) is 24.3 Å². The van der Waals surface area contributed by atoms with Gasteiger partial charge < -0.3 is 19.7 Å². The summed E-state index contributed by atoms with van der Waals surface area (Å²) >= 11 is 0. The highest BCUT2D eigenvalue weighted by atomic mass is 16.5. The third kappa shape index (κ3) is 5.34. The summed E-state index contributed by atoms with van der Waals surface area (Å²) in [7, 11) is 1.58. The van der Waals surface area contributed by atoms with Gasteiger partial charge in [-0.05, 0) is 69.3 Å². The summed E-state index contributed by atoms with van der Waals surface area (Å²) in [6.45, 7) is 3.94. The highest BCUT2D eigenvalue weighted by Crippen LogP contribution is 2.25. The van der Waals surface area contributed by atoms with Gasteiger partial charge >= 0.3 is 5.91 Å². The maximum Gasteiger partial charge on any atom is 0.312 e. The molecule has 1 aromatic carbocycles. The number of carbonyl (C=O) groups excluding carboxylic acids is 2. The molecule has 2 heterocycles. The molecule has 168 valence electrons.